The highest BCUT2D eigenvalue weighted by Crippen LogP contribution is 2.21. The van der Waals surface area contributed by atoms with Gasteiger partial charge in [0.25, 0.3) is 5.91 Å². The van der Waals surface area contributed by atoms with E-state index in [1.165, 1.54) is 0 Å². The highest BCUT2D eigenvalue weighted by Gasteiger charge is 2.14. The van der Waals surface area contributed by atoms with E-state index >= 15 is 0 Å². The molecule has 0 spiro atoms. The van der Waals surface area contributed by atoms with E-state index in [0.29, 0.717) is 5.92 Å². The maximum absolute atomic E-state index is 12.2. The number of para-hydroxylation sites is 1. The van der Waals surface area contributed by atoms with E-state index in [9.17, 15) is 4.79 Å². The Labute approximate surface area is 108 Å². The molecular weight excluding hydrogens is 224 g/mol. The lowest BCUT2D eigenvalue weighted by Crippen LogP contribution is -2.25. The molecule has 0 aliphatic heterocycles. The Balaban J connectivity index is 2.19. The van der Waals surface area contributed by atoms with E-state index in [0.717, 1.165) is 35.1 Å². The number of benzene rings is 1. The van der Waals surface area contributed by atoms with Crippen LogP contribution >= 0.6 is 0 Å². The fraction of sp³-hybridized carbons (Fsp3) is 0.400. The van der Waals surface area contributed by atoms with Crippen molar-refractivity contribution in [1.29, 1.82) is 0 Å². The zero-order valence-corrected chi connectivity index (χ0v) is 11.2. The molecule has 96 valence electrons. The van der Waals surface area contributed by atoms with Gasteiger partial charge < -0.3 is 10.3 Å². The minimum absolute atomic E-state index is 0.0191. The summed E-state index contributed by atoms with van der Waals surface area (Å²) in [4.78, 5) is 15.4. The van der Waals surface area contributed by atoms with Gasteiger partial charge in [0, 0.05) is 23.1 Å². The minimum atomic E-state index is 0.0191. The Morgan fingerprint density at radius 2 is 2.06 bits per heavy atom. The summed E-state index contributed by atoms with van der Waals surface area (Å²) in [6, 6.07) is 7.91. The molecule has 0 aliphatic rings. The van der Waals surface area contributed by atoms with Gasteiger partial charge in [-0.1, -0.05) is 32.0 Å². The van der Waals surface area contributed by atoms with Crippen LogP contribution in [0.4, 0.5) is 0 Å². The number of aromatic amines is 1. The van der Waals surface area contributed by atoms with Crippen LogP contribution in [0.1, 0.15) is 36.3 Å². The summed E-state index contributed by atoms with van der Waals surface area (Å²) in [5, 5.41) is 3.99. The highest BCUT2D eigenvalue weighted by atomic mass is 16.1. The Morgan fingerprint density at radius 3 is 2.78 bits per heavy atom. The molecule has 0 unspecified atom stereocenters. The molecule has 1 aromatic heterocycles. The Bertz CT molecular complexity index is 555. The fourth-order valence-corrected chi connectivity index (χ4v) is 2.13. The van der Waals surface area contributed by atoms with Crippen LogP contribution in [0.15, 0.2) is 24.3 Å². The first-order valence-electron chi connectivity index (χ1n) is 6.45. The molecule has 3 nitrogen and oxygen atoms in total. The summed E-state index contributed by atoms with van der Waals surface area (Å²) in [5.74, 6) is 0.625. The molecule has 2 aromatic rings. The summed E-state index contributed by atoms with van der Waals surface area (Å²) >= 11 is 0. The van der Waals surface area contributed by atoms with Gasteiger partial charge in [-0.05, 0) is 25.3 Å². The smallest absolute Gasteiger partial charge is 0.253 e. The van der Waals surface area contributed by atoms with Crippen molar-refractivity contribution in [3.63, 3.8) is 0 Å². The first-order valence-corrected chi connectivity index (χ1v) is 6.45. The number of carbonyl (C=O) groups is 1. The lowest BCUT2D eigenvalue weighted by Gasteiger charge is -2.07. The van der Waals surface area contributed by atoms with Gasteiger partial charge in [0.2, 0.25) is 0 Å². The summed E-state index contributed by atoms with van der Waals surface area (Å²) in [6.07, 6.45) is 1.01. The fourth-order valence-electron chi connectivity index (χ4n) is 2.13. The predicted octanol–water partition coefficient (Wildman–Crippen LogP) is 3.25. The molecule has 3 heteroatoms. The molecule has 1 amide bonds. The molecule has 2 N–H and O–H groups in total. The average molecular weight is 244 g/mol. The molecule has 0 bridgehead atoms. The molecule has 1 heterocycles. The lowest BCUT2D eigenvalue weighted by molar-refractivity contribution is 0.0953. The first kappa shape index (κ1) is 12.7. The zero-order chi connectivity index (χ0) is 13.1. The molecule has 18 heavy (non-hydrogen) atoms. The van der Waals surface area contributed by atoms with Crippen LogP contribution in [-0.2, 0) is 0 Å². The topological polar surface area (TPSA) is 44.9 Å². The second kappa shape index (κ2) is 5.25. The van der Waals surface area contributed by atoms with Gasteiger partial charge in [0.1, 0.15) is 0 Å². The van der Waals surface area contributed by atoms with Gasteiger partial charge in [0.05, 0.1) is 5.56 Å². The molecule has 0 saturated heterocycles. The number of H-pyrrole nitrogens is 1. The van der Waals surface area contributed by atoms with Crippen molar-refractivity contribution in [1.82, 2.24) is 10.3 Å². The van der Waals surface area contributed by atoms with Crippen LogP contribution in [0.5, 0.6) is 0 Å². The highest BCUT2D eigenvalue weighted by molar-refractivity contribution is 6.08. The minimum Gasteiger partial charge on any atom is -0.358 e. The van der Waals surface area contributed by atoms with Crippen LogP contribution in [0.2, 0.25) is 0 Å². The van der Waals surface area contributed by atoms with E-state index in [4.69, 9.17) is 0 Å². The Hall–Kier alpha value is -1.77. The van der Waals surface area contributed by atoms with Gasteiger partial charge in [-0.2, -0.15) is 0 Å². The predicted molar refractivity (Wildman–Crippen MR) is 74.8 cm³/mol. The normalized spacial score (nSPS) is 11.1. The Kier molecular flexibility index (Phi) is 3.70. The number of hydrogen-bond donors (Lipinski definition) is 2. The number of nitrogens with one attached hydrogen (secondary N) is 2. The third-order valence-electron chi connectivity index (χ3n) is 3.13. The lowest BCUT2D eigenvalue weighted by atomic mass is 10.1. The summed E-state index contributed by atoms with van der Waals surface area (Å²) in [7, 11) is 0. The van der Waals surface area contributed by atoms with E-state index in [2.05, 4.69) is 24.1 Å². The molecule has 1 aromatic carbocycles. The zero-order valence-electron chi connectivity index (χ0n) is 11.2. The summed E-state index contributed by atoms with van der Waals surface area (Å²) in [5.41, 5.74) is 2.72. The number of aromatic nitrogens is 1. The molecule has 0 radical (unpaired) electrons. The van der Waals surface area contributed by atoms with Crippen molar-refractivity contribution < 1.29 is 4.79 Å². The first-order chi connectivity index (χ1) is 8.59. The van der Waals surface area contributed by atoms with Crippen molar-refractivity contribution in [3.8, 4) is 0 Å². The van der Waals surface area contributed by atoms with Gasteiger partial charge in [-0.15, -0.1) is 0 Å². The van der Waals surface area contributed by atoms with Crippen LogP contribution in [0, 0.1) is 12.8 Å². The van der Waals surface area contributed by atoms with Crippen LogP contribution in [0.3, 0.4) is 0 Å². The van der Waals surface area contributed by atoms with Gasteiger partial charge >= 0.3 is 0 Å². The number of amides is 1. The van der Waals surface area contributed by atoms with Gasteiger partial charge in [0.15, 0.2) is 0 Å². The quantitative estimate of drug-likeness (QED) is 0.852. The van der Waals surface area contributed by atoms with Crippen molar-refractivity contribution >= 4 is 16.8 Å². The monoisotopic (exact) mass is 244 g/mol. The van der Waals surface area contributed by atoms with Crippen molar-refractivity contribution in [2.45, 2.75) is 27.2 Å². The molecule has 0 aliphatic carbocycles. The third kappa shape index (κ3) is 2.55. The van der Waals surface area contributed by atoms with Crippen LogP contribution in [-0.4, -0.2) is 17.4 Å². The van der Waals surface area contributed by atoms with Crippen molar-refractivity contribution in [3.05, 3.63) is 35.5 Å². The third-order valence-corrected chi connectivity index (χ3v) is 3.13. The molecule has 0 saturated carbocycles. The average Bonchev–Trinajstić information content (AvgIpc) is 2.64. The van der Waals surface area contributed by atoms with E-state index in [-0.39, 0.29) is 5.91 Å². The Morgan fingerprint density at radius 1 is 1.33 bits per heavy atom. The number of carbonyl (C=O) groups excluding carboxylic acids is 1. The maximum Gasteiger partial charge on any atom is 0.253 e. The van der Waals surface area contributed by atoms with Crippen molar-refractivity contribution in [2.75, 3.05) is 6.54 Å². The second-order valence-corrected chi connectivity index (χ2v) is 5.11. The van der Waals surface area contributed by atoms with Crippen molar-refractivity contribution in [2.24, 2.45) is 5.92 Å². The number of fused-ring (bicyclic) bond motifs is 1. The van der Waals surface area contributed by atoms with E-state index < -0.39 is 0 Å². The molecule has 2 rings (SSSR count). The SMILES string of the molecule is Cc1[nH]c2ccccc2c1C(=O)NCCC(C)C. The van der Waals surface area contributed by atoms with E-state index in [1.54, 1.807) is 0 Å². The van der Waals surface area contributed by atoms with Gasteiger partial charge in [-0.3, -0.25) is 4.79 Å². The number of aryl methyl sites for hydroxylation is 1. The molecule has 0 fully saturated rings. The standard InChI is InChI=1S/C15H20N2O/c1-10(2)8-9-16-15(18)14-11(3)17-13-7-5-4-6-12(13)14/h4-7,10,17H,8-9H2,1-3H3,(H,16,18). The molecular formula is C15H20N2O. The van der Waals surface area contributed by atoms with Gasteiger partial charge in [-0.25, -0.2) is 0 Å². The second-order valence-electron chi connectivity index (χ2n) is 5.11. The number of hydrogen-bond acceptors (Lipinski definition) is 1. The molecule has 0 atom stereocenters. The number of rotatable bonds is 4. The van der Waals surface area contributed by atoms with E-state index in [1.807, 2.05) is 31.2 Å². The largest absolute Gasteiger partial charge is 0.358 e. The summed E-state index contributed by atoms with van der Waals surface area (Å²) < 4.78 is 0. The summed E-state index contributed by atoms with van der Waals surface area (Å²) in [6.45, 7) is 6.99. The van der Waals surface area contributed by atoms with Crippen LogP contribution in [0.25, 0.3) is 10.9 Å². The van der Waals surface area contributed by atoms with Crippen LogP contribution < -0.4 is 5.32 Å². The maximum atomic E-state index is 12.2.